The van der Waals surface area contributed by atoms with Gasteiger partial charge < -0.3 is 4.52 Å². The molecule has 0 aromatic rings. The molecular weight excluding hydrogens is 147 g/mol. The lowest BCUT2D eigenvalue weighted by Gasteiger charge is -2.10. The molecule has 0 aliphatic carbocycles. The molecule has 0 aromatic carbocycles. The van der Waals surface area contributed by atoms with Gasteiger partial charge in [0.2, 0.25) is 7.37 Å². The molecule has 1 aliphatic rings. The lowest BCUT2D eigenvalue weighted by molar-refractivity contribution is 0.285. The molecule has 56 valence electrons. The van der Waals surface area contributed by atoms with E-state index in [1.807, 2.05) is 6.92 Å². The minimum Gasteiger partial charge on any atom is -0.327 e. The Hall–Kier alpha value is -0.250. The molecule has 2 atom stereocenters. The topological polar surface area (TPSA) is 26.3 Å². The Labute approximate surface area is 61.4 Å². The third-order valence-corrected chi connectivity index (χ3v) is 3.59. The average Bonchev–Trinajstić information content (AvgIpc) is 2.08. The van der Waals surface area contributed by atoms with Gasteiger partial charge in [0.1, 0.15) is 0 Å². The van der Waals surface area contributed by atoms with Crippen LogP contribution in [-0.2, 0) is 9.09 Å². The van der Waals surface area contributed by atoms with E-state index in [2.05, 4.69) is 5.92 Å². The van der Waals surface area contributed by atoms with Gasteiger partial charge in [0.25, 0.3) is 0 Å². The highest BCUT2D eigenvalue weighted by molar-refractivity contribution is 7.58. The zero-order valence-electron chi connectivity index (χ0n) is 6.26. The van der Waals surface area contributed by atoms with Crippen LogP contribution in [-0.4, -0.2) is 19.4 Å². The van der Waals surface area contributed by atoms with Crippen molar-refractivity contribution in [3.8, 4) is 12.3 Å². The summed E-state index contributed by atoms with van der Waals surface area (Å²) in [4.78, 5) is 0. The molecule has 1 heterocycles. The molecule has 0 saturated carbocycles. The summed E-state index contributed by atoms with van der Waals surface area (Å²) in [5.74, 6) is 2.60. The summed E-state index contributed by atoms with van der Waals surface area (Å²) in [5.41, 5.74) is -0.287. The standard InChI is InChI=1S/C7H11O2P/c1-4-7(2)5-9-10(3,8)6-7/h1H,5-6H2,2-3H3. The molecule has 0 radical (unpaired) electrons. The van der Waals surface area contributed by atoms with Crippen molar-refractivity contribution in [2.24, 2.45) is 5.41 Å². The predicted molar refractivity (Wildman–Crippen MR) is 41.3 cm³/mol. The van der Waals surface area contributed by atoms with Crippen LogP contribution in [0.15, 0.2) is 0 Å². The first kappa shape index (κ1) is 7.85. The van der Waals surface area contributed by atoms with E-state index in [0.717, 1.165) is 0 Å². The van der Waals surface area contributed by atoms with Crippen molar-refractivity contribution in [1.82, 2.24) is 0 Å². The van der Waals surface area contributed by atoms with Crippen LogP contribution in [0.5, 0.6) is 0 Å². The van der Waals surface area contributed by atoms with Gasteiger partial charge in [-0.15, -0.1) is 6.42 Å². The van der Waals surface area contributed by atoms with E-state index in [1.54, 1.807) is 6.66 Å². The van der Waals surface area contributed by atoms with Crippen molar-refractivity contribution in [3.05, 3.63) is 0 Å². The minimum atomic E-state index is -2.32. The third-order valence-electron chi connectivity index (χ3n) is 1.64. The van der Waals surface area contributed by atoms with Gasteiger partial charge in [-0.2, -0.15) is 0 Å². The maximum atomic E-state index is 11.3. The Morgan fingerprint density at radius 2 is 2.40 bits per heavy atom. The lowest BCUT2D eigenvalue weighted by atomic mass is 9.97. The molecule has 0 aromatic heterocycles. The molecule has 0 bridgehead atoms. The van der Waals surface area contributed by atoms with Gasteiger partial charge in [-0.05, 0) is 6.92 Å². The second-order valence-electron chi connectivity index (χ2n) is 3.15. The predicted octanol–water partition coefficient (Wildman–Crippen LogP) is 1.56. The SMILES string of the molecule is C#CC1(C)COP(C)(=O)C1. The zero-order valence-corrected chi connectivity index (χ0v) is 7.15. The highest BCUT2D eigenvalue weighted by atomic mass is 31.2. The molecule has 2 unspecified atom stereocenters. The Balaban J connectivity index is 2.79. The molecule has 0 N–H and O–H groups in total. The van der Waals surface area contributed by atoms with Crippen molar-refractivity contribution < 1.29 is 9.09 Å². The first-order chi connectivity index (χ1) is 4.47. The summed E-state index contributed by atoms with van der Waals surface area (Å²) in [7, 11) is -2.32. The van der Waals surface area contributed by atoms with Crippen LogP contribution in [0, 0.1) is 17.8 Å². The van der Waals surface area contributed by atoms with E-state index in [-0.39, 0.29) is 5.41 Å². The van der Waals surface area contributed by atoms with Gasteiger partial charge in [-0.1, -0.05) is 5.92 Å². The van der Waals surface area contributed by atoms with E-state index < -0.39 is 7.37 Å². The van der Waals surface area contributed by atoms with Crippen LogP contribution in [0.3, 0.4) is 0 Å². The monoisotopic (exact) mass is 158 g/mol. The Bertz CT molecular complexity index is 228. The van der Waals surface area contributed by atoms with Crippen molar-refractivity contribution >= 4 is 7.37 Å². The van der Waals surface area contributed by atoms with Crippen LogP contribution < -0.4 is 0 Å². The second kappa shape index (κ2) is 2.12. The summed E-state index contributed by atoms with van der Waals surface area (Å²) in [6, 6.07) is 0. The molecular formula is C7H11O2P. The summed E-state index contributed by atoms with van der Waals surface area (Å²) < 4.78 is 16.3. The fraction of sp³-hybridized carbons (Fsp3) is 0.714. The van der Waals surface area contributed by atoms with E-state index in [1.165, 1.54) is 0 Å². The number of hydrogen-bond acceptors (Lipinski definition) is 2. The van der Waals surface area contributed by atoms with E-state index >= 15 is 0 Å². The molecule has 1 aliphatic heterocycles. The van der Waals surface area contributed by atoms with Crippen LogP contribution in [0.2, 0.25) is 0 Å². The molecule has 1 saturated heterocycles. The molecule has 2 nitrogen and oxygen atoms in total. The summed E-state index contributed by atoms with van der Waals surface area (Å²) in [5, 5.41) is 0. The van der Waals surface area contributed by atoms with E-state index in [4.69, 9.17) is 10.9 Å². The summed E-state index contributed by atoms with van der Waals surface area (Å²) in [6.07, 6.45) is 5.76. The van der Waals surface area contributed by atoms with Gasteiger partial charge in [0.05, 0.1) is 12.0 Å². The molecule has 10 heavy (non-hydrogen) atoms. The maximum Gasteiger partial charge on any atom is 0.201 e. The molecule has 1 fully saturated rings. The summed E-state index contributed by atoms with van der Waals surface area (Å²) >= 11 is 0. The minimum absolute atomic E-state index is 0.287. The van der Waals surface area contributed by atoms with Gasteiger partial charge in [0.15, 0.2) is 0 Å². The van der Waals surface area contributed by atoms with Crippen LogP contribution >= 0.6 is 7.37 Å². The van der Waals surface area contributed by atoms with E-state index in [9.17, 15) is 4.57 Å². The molecule has 1 rings (SSSR count). The Morgan fingerprint density at radius 1 is 1.80 bits per heavy atom. The normalized spacial score (nSPS) is 46.9. The molecule has 3 heteroatoms. The maximum absolute atomic E-state index is 11.3. The van der Waals surface area contributed by atoms with Crippen molar-refractivity contribution in [1.29, 1.82) is 0 Å². The Kier molecular flexibility index (Phi) is 1.66. The second-order valence-corrected chi connectivity index (χ2v) is 5.75. The summed E-state index contributed by atoms with van der Waals surface area (Å²) in [6.45, 7) is 3.98. The third kappa shape index (κ3) is 1.42. The smallest absolute Gasteiger partial charge is 0.201 e. The van der Waals surface area contributed by atoms with Crippen molar-refractivity contribution in [3.63, 3.8) is 0 Å². The first-order valence-corrected chi connectivity index (χ1v) is 5.42. The number of rotatable bonds is 0. The average molecular weight is 158 g/mol. The highest BCUT2D eigenvalue weighted by Crippen LogP contribution is 2.54. The van der Waals surface area contributed by atoms with Crippen molar-refractivity contribution in [2.75, 3.05) is 19.4 Å². The van der Waals surface area contributed by atoms with Gasteiger partial charge in [-0.25, -0.2) is 0 Å². The fourth-order valence-electron chi connectivity index (χ4n) is 1.09. The Morgan fingerprint density at radius 3 is 2.60 bits per heavy atom. The zero-order chi connectivity index (χ0) is 7.83. The lowest BCUT2D eigenvalue weighted by Crippen LogP contribution is -2.15. The first-order valence-electron chi connectivity index (χ1n) is 3.16. The van der Waals surface area contributed by atoms with Gasteiger partial charge in [0, 0.05) is 12.8 Å². The van der Waals surface area contributed by atoms with Crippen molar-refractivity contribution in [2.45, 2.75) is 6.92 Å². The molecule has 0 amide bonds. The van der Waals surface area contributed by atoms with E-state index in [0.29, 0.717) is 12.8 Å². The van der Waals surface area contributed by atoms with Crippen LogP contribution in [0.4, 0.5) is 0 Å². The number of terminal acetylenes is 1. The molecule has 0 spiro atoms. The quantitative estimate of drug-likeness (QED) is 0.395. The highest BCUT2D eigenvalue weighted by Gasteiger charge is 2.39. The van der Waals surface area contributed by atoms with Crippen LogP contribution in [0.1, 0.15) is 6.92 Å². The number of hydrogen-bond donors (Lipinski definition) is 0. The van der Waals surface area contributed by atoms with Gasteiger partial charge in [-0.3, -0.25) is 4.57 Å². The fourth-order valence-corrected chi connectivity index (χ4v) is 3.19. The largest absolute Gasteiger partial charge is 0.327 e. The van der Waals surface area contributed by atoms with Gasteiger partial charge >= 0.3 is 0 Å². The van der Waals surface area contributed by atoms with Crippen LogP contribution in [0.25, 0.3) is 0 Å².